The summed E-state index contributed by atoms with van der Waals surface area (Å²) in [7, 11) is 0. The number of carboxylic acids is 1. The molecule has 1 aliphatic carbocycles. The summed E-state index contributed by atoms with van der Waals surface area (Å²) in [6.45, 7) is 8.14. The molecule has 0 aromatic heterocycles. The van der Waals surface area contributed by atoms with Crippen LogP contribution in [0.4, 0.5) is 0 Å². The van der Waals surface area contributed by atoms with Crippen LogP contribution in [0.15, 0.2) is 0 Å². The number of carbonyl (C=O) groups is 1. The number of rotatable bonds is 4. The fourth-order valence-corrected chi connectivity index (χ4v) is 4.08. The third-order valence-corrected chi connectivity index (χ3v) is 4.86. The van der Waals surface area contributed by atoms with E-state index in [1.165, 1.54) is 12.8 Å². The topological polar surface area (TPSA) is 49.8 Å². The maximum Gasteiger partial charge on any atom is 0.308 e. The molecule has 2 fully saturated rings. The quantitative estimate of drug-likeness (QED) is 0.862. The smallest absolute Gasteiger partial charge is 0.308 e. The molecular formula is C16H29NO3. The van der Waals surface area contributed by atoms with Gasteiger partial charge in [-0.05, 0) is 39.0 Å². The SMILES string of the molecule is CCCC1CCC(C(=O)O)C(N2C[C@@H](C)O[C@@H](C)C2)C1. The molecule has 1 N–H and O–H groups in total. The van der Waals surface area contributed by atoms with Gasteiger partial charge in [-0.25, -0.2) is 0 Å². The van der Waals surface area contributed by atoms with Crippen molar-refractivity contribution in [1.82, 2.24) is 4.90 Å². The number of carboxylic acid groups (broad SMARTS) is 1. The van der Waals surface area contributed by atoms with Gasteiger partial charge in [-0.2, -0.15) is 0 Å². The minimum atomic E-state index is -0.614. The summed E-state index contributed by atoms with van der Waals surface area (Å²) in [5.41, 5.74) is 0. The van der Waals surface area contributed by atoms with Crippen LogP contribution in [0.2, 0.25) is 0 Å². The molecule has 0 aromatic carbocycles. The van der Waals surface area contributed by atoms with Crippen LogP contribution in [0.3, 0.4) is 0 Å². The van der Waals surface area contributed by atoms with Crippen LogP contribution >= 0.6 is 0 Å². The molecule has 5 atom stereocenters. The van der Waals surface area contributed by atoms with Crippen LogP contribution in [0, 0.1) is 11.8 Å². The average Bonchev–Trinajstić information content (AvgIpc) is 2.37. The van der Waals surface area contributed by atoms with Gasteiger partial charge in [-0.1, -0.05) is 19.8 Å². The molecule has 0 amide bonds. The Hall–Kier alpha value is -0.610. The molecule has 1 saturated heterocycles. The predicted molar refractivity (Wildman–Crippen MR) is 78.7 cm³/mol. The molecular weight excluding hydrogens is 254 g/mol. The van der Waals surface area contributed by atoms with E-state index in [4.69, 9.17) is 4.74 Å². The van der Waals surface area contributed by atoms with E-state index in [2.05, 4.69) is 25.7 Å². The lowest BCUT2D eigenvalue weighted by Gasteiger charge is -2.45. The molecule has 3 unspecified atom stereocenters. The molecule has 116 valence electrons. The summed E-state index contributed by atoms with van der Waals surface area (Å²) in [6.07, 6.45) is 5.81. The predicted octanol–water partition coefficient (Wildman–Crippen LogP) is 2.77. The zero-order valence-electron chi connectivity index (χ0n) is 13.0. The zero-order valence-corrected chi connectivity index (χ0v) is 13.0. The number of ether oxygens (including phenoxy) is 1. The molecule has 0 spiro atoms. The summed E-state index contributed by atoms with van der Waals surface area (Å²) in [4.78, 5) is 14.0. The van der Waals surface area contributed by atoms with Crippen molar-refractivity contribution in [3.63, 3.8) is 0 Å². The van der Waals surface area contributed by atoms with E-state index in [1.54, 1.807) is 0 Å². The van der Waals surface area contributed by atoms with Gasteiger partial charge in [0, 0.05) is 19.1 Å². The highest BCUT2D eigenvalue weighted by atomic mass is 16.5. The normalized spacial score (nSPS) is 39.6. The fraction of sp³-hybridized carbons (Fsp3) is 0.938. The Kier molecular flexibility index (Phi) is 5.44. The Morgan fingerprint density at radius 1 is 1.25 bits per heavy atom. The second kappa shape index (κ2) is 6.90. The summed E-state index contributed by atoms with van der Waals surface area (Å²) in [5.74, 6) is -0.105. The van der Waals surface area contributed by atoms with Gasteiger partial charge in [-0.15, -0.1) is 0 Å². The van der Waals surface area contributed by atoms with Crippen molar-refractivity contribution in [2.24, 2.45) is 11.8 Å². The Balaban J connectivity index is 2.07. The molecule has 0 radical (unpaired) electrons. The number of hydrogen-bond acceptors (Lipinski definition) is 3. The van der Waals surface area contributed by atoms with E-state index in [-0.39, 0.29) is 24.2 Å². The van der Waals surface area contributed by atoms with E-state index < -0.39 is 5.97 Å². The van der Waals surface area contributed by atoms with Gasteiger partial charge in [0.05, 0.1) is 18.1 Å². The highest BCUT2D eigenvalue weighted by Gasteiger charge is 2.40. The van der Waals surface area contributed by atoms with Crippen LogP contribution in [-0.2, 0) is 9.53 Å². The lowest BCUT2D eigenvalue weighted by molar-refractivity contribution is -0.150. The molecule has 0 bridgehead atoms. The Labute approximate surface area is 122 Å². The van der Waals surface area contributed by atoms with E-state index in [9.17, 15) is 9.90 Å². The van der Waals surface area contributed by atoms with Gasteiger partial charge in [-0.3, -0.25) is 9.69 Å². The molecule has 1 saturated carbocycles. The van der Waals surface area contributed by atoms with Crippen molar-refractivity contribution in [3.8, 4) is 0 Å². The van der Waals surface area contributed by atoms with Crippen LogP contribution in [0.25, 0.3) is 0 Å². The fourth-order valence-electron chi connectivity index (χ4n) is 4.08. The van der Waals surface area contributed by atoms with Crippen molar-refractivity contribution in [2.75, 3.05) is 13.1 Å². The Bertz CT molecular complexity index is 324. The maximum absolute atomic E-state index is 11.6. The van der Waals surface area contributed by atoms with Gasteiger partial charge in [0.15, 0.2) is 0 Å². The first-order valence-electron chi connectivity index (χ1n) is 8.13. The molecule has 2 aliphatic rings. The van der Waals surface area contributed by atoms with E-state index in [1.807, 2.05) is 0 Å². The first-order chi connectivity index (χ1) is 9.51. The number of morpholine rings is 1. The standard InChI is InChI=1S/C16H29NO3/c1-4-5-13-6-7-14(16(18)19)15(8-13)17-9-11(2)20-12(3)10-17/h11-15H,4-10H2,1-3H3,(H,18,19)/t11-,12+,13?,14?,15?. The lowest BCUT2D eigenvalue weighted by atomic mass is 9.75. The van der Waals surface area contributed by atoms with E-state index in [0.29, 0.717) is 5.92 Å². The van der Waals surface area contributed by atoms with E-state index >= 15 is 0 Å². The van der Waals surface area contributed by atoms with Crippen LogP contribution in [0.1, 0.15) is 52.9 Å². The monoisotopic (exact) mass is 283 g/mol. The summed E-state index contributed by atoms with van der Waals surface area (Å²) >= 11 is 0. The second-order valence-electron chi connectivity index (χ2n) is 6.69. The largest absolute Gasteiger partial charge is 0.481 e. The third-order valence-electron chi connectivity index (χ3n) is 4.86. The average molecular weight is 283 g/mol. The minimum Gasteiger partial charge on any atom is -0.481 e. The Morgan fingerprint density at radius 3 is 2.45 bits per heavy atom. The van der Waals surface area contributed by atoms with Crippen LogP contribution in [-0.4, -0.2) is 47.3 Å². The van der Waals surface area contributed by atoms with Crippen molar-refractivity contribution >= 4 is 5.97 Å². The molecule has 1 aliphatic heterocycles. The van der Waals surface area contributed by atoms with Crippen molar-refractivity contribution in [3.05, 3.63) is 0 Å². The molecule has 0 aromatic rings. The minimum absolute atomic E-state index is 0.194. The highest BCUT2D eigenvalue weighted by Crippen LogP contribution is 2.36. The maximum atomic E-state index is 11.6. The van der Waals surface area contributed by atoms with Gasteiger partial charge in [0.2, 0.25) is 0 Å². The summed E-state index contributed by atoms with van der Waals surface area (Å²) < 4.78 is 5.79. The van der Waals surface area contributed by atoms with Crippen molar-refractivity contribution < 1.29 is 14.6 Å². The zero-order chi connectivity index (χ0) is 14.7. The second-order valence-corrected chi connectivity index (χ2v) is 6.69. The Morgan fingerprint density at radius 2 is 1.90 bits per heavy atom. The first-order valence-corrected chi connectivity index (χ1v) is 8.13. The summed E-state index contributed by atoms with van der Waals surface area (Å²) in [5, 5.41) is 9.53. The van der Waals surface area contributed by atoms with Crippen LogP contribution < -0.4 is 0 Å². The van der Waals surface area contributed by atoms with Gasteiger partial charge in [0.25, 0.3) is 0 Å². The highest BCUT2D eigenvalue weighted by molar-refractivity contribution is 5.71. The third kappa shape index (κ3) is 3.73. The van der Waals surface area contributed by atoms with Crippen molar-refractivity contribution in [1.29, 1.82) is 0 Å². The summed E-state index contributed by atoms with van der Waals surface area (Å²) in [6, 6.07) is 0.201. The lowest BCUT2D eigenvalue weighted by Crippen LogP contribution is -2.55. The number of aliphatic carboxylic acids is 1. The number of hydrogen-bond donors (Lipinski definition) is 1. The van der Waals surface area contributed by atoms with Gasteiger partial charge >= 0.3 is 5.97 Å². The van der Waals surface area contributed by atoms with Crippen molar-refractivity contribution in [2.45, 2.75) is 71.1 Å². The first kappa shape index (κ1) is 15.8. The molecule has 4 heteroatoms. The van der Waals surface area contributed by atoms with Gasteiger partial charge in [0.1, 0.15) is 0 Å². The van der Waals surface area contributed by atoms with Gasteiger partial charge < -0.3 is 9.84 Å². The molecule has 1 heterocycles. The molecule has 4 nitrogen and oxygen atoms in total. The molecule has 20 heavy (non-hydrogen) atoms. The van der Waals surface area contributed by atoms with E-state index in [0.717, 1.165) is 32.4 Å². The number of nitrogens with zero attached hydrogens (tertiary/aromatic N) is 1. The van der Waals surface area contributed by atoms with Crippen LogP contribution in [0.5, 0.6) is 0 Å². The molecule has 2 rings (SSSR count).